The van der Waals surface area contributed by atoms with Crippen molar-refractivity contribution < 1.29 is 9.53 Å². The first kappa shape index (κ1) is 15.5. The van der Waals surface area contributed by atoms with Gasteiger partial charge in [0.05, 0.1) is 12.1 Å². The van der Waals surface area contributed by atoms with E-state index >= 15 is 0 Å². The topological polar surface area (TPSA) is 84.4 Å². The number of aromatic nitrogens is 2. The van der Waals surface area contributed by atoms with Gasteiger partial charge in [0, 0.05) is 32.2 Å². The lowest BCUT2D eigenvalue weighted by Crippen LogP contribution is -2.40. The predicted molar refractivity (Wildman–Crippen MR) is 77.1 cm³/mol. The lowest BCUT2D eigenvalue weighted by atomic mass is 10.1. The maximum atomic E-state index is 11.9. The number of carbonyl (C=O) groups excluding carboxylic acids is 1. The number of aryl methyl sites for hydroxylation is 1. The molecule has 7 nitrogen and oxygen atoms in total. The van der Waals surface area contributed by atoms with Crippen LogP contribution in [0.1, 0.15) is 38.5 Å². The Balaban J connectivity index is 2.32. The minimum Gasteiger partial charge on any atom is -0.352 e. The van der Waals surface area contributed by atoms with Crippen LogP contribution in [0.15, 0.2) is 15.8 Å². The number of H-pyrrole nitrogens is 1. The Hall–Kier alpha value is -1.89. The van der Waals surface area contributed by atoms with Gasteiger partial charge in [-0.1, -0.05) is 6.92 Å². The smallest absolute Gasteiger partial charge is 0.330 e. The highest BCUT2D eigenvalue weighted by Crippen LogP contribution is 2.32. The van der Waals surface area contributed by atoms with Gasteiger partial charge in [0.1, 0.15) is 6.23 Å². The van der Waals surface area contributed by atoms with Gasteiger partial charge in [0.25, 0.3) is 5.56 Å². The van der Waals surface area contributed by atoms with Crippen molar-refractivity contribution in [2.45, 2.75) is 52.0 Å². The van der Waals surface area contributed by atoms with E-state index in [0.29, 0.717) is 12.0 Å². The van der Waals surface area contributed by atoms with Gasteiger partial charge < -0.3 is 9.64 Å². The normalized spacial score (nSPS) is 25.0. The molecule has 1 aromatic heterocycles. The molecule has 1 saturated heterocycles. The standard InChI is InChI=1S/C14H21N3O4/c1-5-11-10(16(4)9(3)18)6-12(21-11)17-7-8(2)13(19)15-14(17)20/h7,10-12H,5-6H2,1-4H3,(H,15,19,20)/t10-,11+,12+/m0/s1. The molecule has 0 bridgehead atoms. The van der Waals surface area contributed by atoms with Crippen LogP contribution < -0.4 is 11.2 Å². The molecule has 1 fully saturated rings. The molecule has 0 radical (unpaired) electrons. The molecule has 0 aromatic carbocycles. The van der Waals surface area contributed by atoms with Crippen LogP contribution in [0.25, 0.3) is 0 Å². The zero-order valence-electron chi connectivity index (χ0n) is 12.8. The first-order valence-electron chi connectivity index (χ1n) is 7.06. The van der Waals surface area contributed by atoms with Crippen LogP contribution in [0.2, 0.25) is 0 Å². The van der Waals surface area contributed by atoms with E-state index in [1.54, 1.807) is 18.9 Å². The molecule has 1 amide bonds. The fraction of sp³-hybridized carbons (Fsp3) is 0.643. The molecule has 0 saturated carbocycles. The Morgan fingerprint density at radius 2 is 2.19 bits per heavy atom. The first-order valence-corrected chi connectivity index (χ1v) is 7.06. The van der Waals surface area contributed by atoms with Crippen LogP contribution in [-0.4, -0.2) is 39.6 Å². The predicted octanol–water partition coefficient (Wildman–Crippen LogP) is 0.389. The molecular weight excluding hydrogens is 274 g/mol. The molecule has 0 aliphatic carbocycles. The van der Waals surface area contributed by atoms with E-state index < -0.39 is 17.5 Å². The molecule has 0 spiro atoms. The van der Waals surface area contributed by atoms with E-state index in [-0.39, 0.29) is 18.1 Å². The quantitative estimate of drug-likeness (QED) is 0.874. The number of likely N-dealkylation sites (N-methyl/N-ethyl adjacent to an activating group) is 1. The summed E-state index contributed by atoms with van der Waals surface area (Å²) in [7, 11) is 1.74. The lowest BCUT2D eigenvalue weighted by molar-refractivity contribution is -0.130. The molecule has 21 heavy (non-hydrogen) atoms. The van der Waals surface area contributed by atoms with E-state index in [4.69, 9.17) is 4.74 Å². The highest BCUT2D eigenvalue weighted by Gasteiger charge is 2.38. The number of hydrogen-bond acceptors (Lipinski definition) is 4. The van der Waals surface area contributed by atoms with E-state index in [0.717, 1.165) is 6.42 Å². The van der Waals surface area contributed by atoms with E-state index in [1.165, 1.54) is 17.7 Å². The number of aromatic amines is 1. The van der Waals surface area contributed by atoms with Gasteiger partial charge >= 0.3 is 5.69 Å². The minimum absolute atomic E-state index is 0.0345. The van der Waals surface area contributed by atoms with Crippen LogP contribution in [0.5, 0.6) is 0 Å². The van der Waals surface area contributed by atoms with Crippen molar-refractivity contribution in [3.05, 3.63) is 32.6 Å². The molecule has 2 rings (SSSR count). The van der Waals surface area contributed by atoms with Gasteiger partial charge in [0.15, 0.2) is 0 Å². The number of amides is 1. The summed E-state index contributed by atoms with van der Waals surface area (Å²) in [5.41, 5.74) is -0.426. The number of nitrogens with zero attached hydrogens (tertiary/aromatic N) is 2. The number of rotatable bonds is 3. The van der Waals surface area contributed by atoms with Crippen LogP contribution in [0.3, 0.4) is 0 Å². The summed E-state index contributed by atoms with van der Waals surface area (Å²) in [4.78, 5) is 38.8. The summed E-state index contributed by atoms with van der Waals surface area (Å²) in [6, 6.07) is -0.0726. The molecule has 2 heterocycles. The Morgan fingerprint density at radius 3 is 2.76 bits per heavy atom. The van der Waals surface area contributed by atoms with Crippen molar-refractivity contribution in [1.82, 2.24) is 14.5 Å². The summed E-state index contributed by atoms with van der Waals surface area (Å²) in [5.74, 6) is -0.0345. The van der Waals surface area contributed by atoms with Gasteiger partial charge in [-0.2, -0.15) is 0 Å². The van der Waals surface area contributed by atoms with E-state index in [2.05, 4.69) is 4.98 Å². The Kier molecular flexibility index (Phi) is 4.32. The van der Waals surface area contributed by atoms with Crippen LogP contribution >= 0.6 is 0 Å². The molecule has 116 valence electrons. The molecule has 1 aliphatic heterocycles. The number of nitrogens with one attached hydrogen (secondary N) is 1. The molecule has 3 atom stereocenters. The van der Waals surface area contributed by atoms with Crippen molar-refractivity contribution in [2.24, 2.45) is 0 Å². The Bertz CT molecular complexity index is 648. The molecule has 1 aromatic rings. The average molecular weight is 295 g/mol. The minimum atomic E-state index is -0.489. The zero-order chi connectivity index (χ0) is 15.7. The van der Waals surface area contributed by atoms with Gasteiger partial charge in [0.2, 0.25) is 5.91 Å². The summed E-state index contributed by atoms with van der Waals surface area (Å²) in [5, 5.41) is 0. The van der Waals surface area contributed by atoms with Crippen molar-refractivity contribution in [2.75, 3.05) is 7.05 Å². The number of carbonyl (C=O) groups is 1. The SMILES string of the molecule is CC[C@H]1O[C@@H](n2cc(C)c(=O)[nH]c2=O)C[C@@H]1N(C)C(C)=O. The molecule has 1 N–H and O–H groups in total. The fourth-order valence-corrected chi connectivity index (χ4v) is 2.69. The second kappa shape index (κ2) is 5.85. The fourth-order valence-electron chi connectivity index (χ4n) is 2.69. The average Bonchev–Trinajstić information content (AvgIpc) is 2.85. The number of ether oxygens (including phenoxy) is 1. The maximum Gasteiger partial charge on any atom is 0.330 e. The maximum absolute atomic E-state index is 11.9. The first-order chi connectivity index (χ1) is 9.85. The highest BCUT2D eigenvalue weighted by atomic mass is 16.5. The lowest BCUT2D eigenvalue weighted by Gasteiger charge is -2.26. The largest absolute Gasteiger partial charge is 0.352 e. The third-order valence-electron chi connectivity index (χ3n) is 4.06. The van der Waals surface area contributed by atoms with Crippen LogP contribution in [0.4, 0.5) is 0 Å². The van der Waals surface area contributed by atoms with Gasteiger partial charge in [-0.15, -0.1) is 0 Å². The molecule has 1 aliphatic rings. The molecular formula is C14H21N3O4. The van der Waals surface area contributed by atoms with Gasteiger partial charge in [-0.05, 0) is 13.3 Å². The molecule has 7 heteroatoms. The second-order valence-corrected chi connectivity index (χ2v) is 5.45. The number of hydrogen-bond donors (Lipinski definition) is 1. The van der Waals surface area contributed by atoms with E-state index in [1.807, 2.05) is 6.92 Å². The zero-order valence-corrected chi connectivity index (χ0v) is 12.8. The van der Waals surface area contributed by atoms with Crippen molar-refractivity contribution >= 4 is 5.91 Å². The monoisotopic (exact) mass is 295 g/mol. The van der Waals surface area contributed by atoms with Gasteiger partial charge in [-0.3, -0.25) is 19.1 Å². The second-order valence-electron chi connectivity index (χ2n) is 5.45. The summed E-state index contributed by atoms with van der Waals surface area (Å²) >= 11 is 0. The van der Waals surface area contributed by atoms with E-state index in [9.17, 15) is 14.4 Å². The van der Waals surface area contributed by atoms with Gasteiger partial charge in [-0.25, -0.2) is 4.79 Å². The third-order valence-corrected chi connectivity index (χ3v) is 4.06. The third kappa shape index (κ3) is 2.92. The van der Waals surface area contributed by atoms with Crippen molar-refractivity contribution in [1.29, 1.82) is 0 Å². The van der Waals surface area contributed by atoms with Crippen LogP contribution in [0, 0.1) is 6.92 Å². The summed E-state index contributed by atoms with van der Waals surface area (Å²) in [6.45, 7) is 5.13. The van der Waals surface area contributed by atoms with Crippen molar-refractivity contribution in [3.8, 4) is 0 Å². The summed E-state index contributed by atoms with van der Waals surface area (Å²) in [6.07, 6.45) is 2.19. The Morgan fingerprint density at radius 1 is 1.52 bits per heavy atom. The molecule has 0 unspecified atom stereocenters. The van der Waals surface area contributed by atoms with Crippen molar-refractivity contribution in [3.63, 3.8) is 0 Å². The summed E-state index contributed by atoms with van der Waals surface area (Å²) < 4.78 is 7.30. The Labute approximate surface area is 122 Å². The van der Waals surface area contributed by atoms with Crippen LogP contribution in [-0.2, 0) is 9.53 Å². The highest BCUT2D eigenvalue weighted by molar-refractivity contribution is 5.73.